The lowest BCUT2D eigenvalue weighted by molar-refractivity contribution is 0.0694. The number of hydrogen-bond donors (Lipinski definition) is 3. The van der Waals surface area contributed by atoms with Crippen molar-refractivity contribution in [1.29, 1.82) is 0 Å². The summed E-state index contributed by atoms with van der Waals surface area (Å²) in [5, 5.41) is 22.3. The summed E-state index contributed by atoms with van der Waals surface area (Å²) in [6.45, 7) is 6.44. The zero-order valence-electron chi connectivity index (χ0n) is 15.6. The van der Waals surface area contributed by atoms with Crippen molar-refractivity contribution >= 4 is 30.8 Å². The zero-order chi connectivity index (χ0) is 18.7. The fourth-order valence-electron chi connectivity index (χ4n) is 3.27. The highest BCUT2D eigenvalue weighted by molar-refractivity contribution is 5.87. The van der Waals surface area contributed by atoms with Crippen LogP contribution in [-0.4, -0.2) is 58.4 Å². The molecule has 1 saturated heterocycles. The molecule has 0 atom stereocenters. The van der Waals surface area contributed by atoms with E-state index in [4.69, 9.17) is 0 Å². The molecule has 154 valence electrons. The number of carbonyl (C=O) groups is 1. The maximum Gasteiger partial charge on any atom is 0.341 e. The number of aromatic carboxylic acids is 1. The van der Waals surface area contributed by atoms with E-state index in [1.807, 2.05) is 6.92 Å². The first-order chi connectivity index (χ1) is 12.5. The summed E-state index contributed by atoms with van der Waals surface area (Å²) < 4.78 is 1.75. The number of carboxylic acid groups (broad SMARTS) is 1. The van der Waals surface area contributed by atoms with Crippen LogP contribution in [0.2, 0.25) is 0 Å². The fraction of sp³-hybridized carbons (Fsp3) is 0.368. The third kappa shape index (κ3) is 5.48. The van der Waals surface area contributed by atoms with Gasteiger partial charge < -0.3 is 25.0 Å². The van der Waals surface area contributed by atoms with Gasteiger partial charge in [0.15, 0.2) is 5.43 Å². The molecule has 1 aliphatic heterocycles. The van der Waals surface area contributed by atoms with Gasteiger partial charge in [-0.3, -0.25) is 4.79 Å². The summed E-state index contributed by atoms with van der Waals surface area (Å²) >= 11 is 0. The normalized spacial score (nSPS) is 14.0. The van der Waals surface area contributed by atoms with Crippen molar-refractivity contribution in [3.05, 3.63) is 57.5 Å². The smallest absolute Gasteiger partial charge is 0.341 e. The van der Waals surface area contributed by atoms with Gasteiger partial charge in [0, 0.05) is 62.8 Å². The molecule has 3 rings (SSSR count). The second-order valence-corrected chi connectivity index (χ2v) is 6.53. The van der Waals surface area contributed by atoms with E-state index in [-0.39, 0.29) is 36.1 Å². The number of nitrogens with one attached hydrogen (secondary N) is 1. The van der Waals surface area contributed by atoms with Crippen LogP contribution in [-0.2, 0) is 6.42 Å². The highest BCUT2D eigenvalue weighted by Crippen LogP contribution is 2.21. The molecule has 2 aromatic rings. The Bertz CT molecular complexity index is 880. The summed E-state index contributed by atoms with van der Waals surface area (Å²) in [5.74, 6) is -1.10. The molecule has 0 amide bonds. The predicted octanol–water partition coefficient (Wildman–Crippen LogP) is 1.84. The van der Waals surface area contributed by atoms with Gasteiger partial charge in [0.25, 0.3) is 0 Å². The molecule has 1 aromatic carbocycles. The van der Waals surface area contributed by atoms with E-state index in [2.05, 4.69) is 10.2 Å². The number of halogens is 2. The van der Waals surface area contributed by atoms with Crippen LogP contribution >= 0.6 is 24.8 Å². The number of piperazine rings is 1. The number of hydrogen-bond acceptors (Lipinski definition) is 5. The summed E-state index contributed by atoms with van der Waals surface area (Å²) in [7, 11) is 0. The maximum atomic E-state index is 12.2. The summed E-state index contributed by atoms with van der Waals surface area (Å²) in [6.07, 6.45) is 2.02. The monoisotopic (exact) mass is 429 g/mol. The van der Waals surface area contributed by atoms with Crippen molar-refractivity contribution in [1.82, 2.24) is 14.8 Å². The Morgan fingerprint density at radius 3 is 2.46 bits per heavy atom. The molecule has 28 heavy (non-hydrogen) atoms. The number of phenols is 1. The molecule has 0 radical (unpaired) electrons. The molecule has 1 aliphatic rings. The lowest BCUT2D eigenvalue weighted by Gasteiger charge is -2.27. The minimum atomic E-state index is -1.24. The van der Waals surface area contributed by atoms with Gasteiger partial charge >= 0.3 is 5.97 Å². The first kappa shape index (κ1) is 24.0. The van der Waals surface area contributed by atoms with Crippen LogP contribution in [0, 0.1) is 6.92 Å². The van der Waals surface area contributed by atoms with Crippen LogP contribution in [0.25, 0.3) is 5.69 Å². The number of nitrogens with zero attached hydrogens (tertiary/aromatic N) is 2. The molecule has 0 spiro atoms. The predicted molar refractivity (Wildman–Crippen MR) is 113 cm³/mol. The van der Waals surface area contributed by atoms with Crippen LogP contribution in [0.15, 0.2) is 35.3 Å². The number of aromatic nitrogens is 1. The van der Waals surface area contributed by atoms with Gasteiger partial charge in [-0.15, -0.1) is 24.8 Å². The fourth-order valence-corrected chi connectivity index (χ4v) is 3.27. The number of benzene rings is 1. The Balaban J connectivity index is 0.00000196. The minimum absolute atomic E-state index is 0. The number of aryl methyl sites for hydroxylation is 1. The van der Waals surface area contributed by atoms with Crippen LogP contribution in [0.3, 0.4) is 0 Å². The lowest BCUT2D eigenvalue weighted by atomic mass is 10.1. The van der Waals surface area contributed by atoms with Crippen molar-refractivity contribution in [3.8, 4) is 11.4 Å². The second kappa shape index (κ2) is 10.5. The van der Waals surface area contributed by atoms with Crippen molar-refractivity contribution in [2.75, 3.05) is 32.7 Å². The van der Waals surface area contributed by atoms with Gasteiger partial charge in [0.05, 0.1) is 0 Å². The average molecular weight is 430 g/mol. The van der Waals surface area contributed by atoms with E-state index >= 15 is 0 Å². The van der Waals surface area contributed by atoms with Crippen LogP contribution in [0.4, 0.5) is 0 Å². The summed E-state index contributed by atoms with van der Waals surface area (Å²) in [6, 6.07) is 6.32. The van der Waals surface area contributed by atoms with Gasteiger partial charge in [0.2, 0.25) is 0 Å². The SMILES string of the molecule is Cc1cc(O)ccc1-n1cc(C(=O)O)c(=O)cc1CCN1CCNCC1.Cl.Cl. The van der Waals surface area contributed by atoms with E-state index in [1.165, 1.54) is 12.3 Å². The highest BCUT2D eigenvalue weighted by Gasteiger charge is 2.16. The third-order valence-electron chi connectivity index (χ3n) is 4.69. The first-order valence-electron chi connectivity index (χ1n) is 8.67. The Morgan fingerprint density at radius 2 is 1.86 bits per heavy atom. The molecule has 3 N–H and O–H groups in total. The van der Waals surface area contributed by atoms with Gasteiger partial charge in [-0.2, -0.15) is 0 Å². The van der Waals surface area contributed by atoms with E-state index in [0.717, 1.165) is 49.7 Å². The van der Waals surface area contributed by atoms with E-state index in [9.17, 15) is 19.8 Å². The van der Waals surface area contributed by atoms with Crippen LogP contribution in [0.5, 0.6) is 5.75 Å². The minimum Gasteiger partial charge on any atom is -0.508 e. The molecule has 1 fully saturated rings. The molecule has 9 heteroatoms. The lowest BCUT2D eigenvalue weighted by Crippen LogP contribution is -2.44. The van der Waals surface area contributed by atoms with Gasteiger partial charge in [-0.1, -0.05) is 0 Å². The molecule has 2 heterocycles. The van der Waals surface area contributed by atoms with Crippen molar-refractivity contribution in [2.45, 2.75) is 13.3 Å². The second-order valence-electron chi connectivity index (χ2n) is 6.53. The number of rotatable bonds is 5. The Hall–Kier alpha value is -2.06. The largest absolute Gasteiger partial charge is 0.508 e. The van der Waals surface area contributed by atoms with E-state index < -0.39 is 11.4 Å². The molecular weight excluding hydrogens is 405 g/mol. The maximum absolute atomic E-state index is 12.2. The standard InChI is InChI=1S/C19H23N3O4.2ClH/c1-13-10-15(23)2-3-17(13)22-12-16(19(25)26)18(24)11-14(22)4-7-21-8-5-20-6-9-21;;/h2-3,10-12,20,23H,4-9H2,1H3,(H,25,26);2*1H. The Morgan fingerprint density at radius 1 is 1.18 bits per heavy atom. The number of aromatic hydroxyl groups is 1. The Labute approximate surface area is 175 Å². The number of pyridine rings is 1. The van der Waals surface area contributed by atoms with Crippen LogP contribution < -0.4 is 10.7 Å². The quantitative estimate of drug-likeness (QED) is 0.670. The molecule has 7 nitrogen and oxygen atoms in total. The van der Waals surface area contributed by atoms with E-state index in [1.54, 1.807) is 22.8 Å². The number of carboxylic acids is 1. The molecular formula is C19H25Cl2N3O4. The van der Waals surface area contributed by atoms with Gasteiger partial charge in [-0.25, -0.2) is 4.79 Å². The van der Waals surface area contributed by atoms with Crippen LogP contribution in [0.1, 0.15) is 21.6 Å². The summed E-state index contributed by atoms with van der Waals surface area (Å²) in [4.78, 5) is 25.9. The molecule has 0 aliphatic carbocycles. The molecule has 0 saturated carbocycles. The average Bonchev–Trinajstić information content (AvgIpc) is 2.61. The Kier molecular flexibility index (Phi) is 8.97. The third-order valence-corrected chi connectivity index (χ3v) is 4.69. The molecule has 0 bridgehead atoms. The number of phenolic OH excluding ortho intramolecular Hbond substituents is 1. The first-order valence-corrected chi connectivity index (χ1v) is 8.67. The van der Waals surface area contributed by atoms with Crippen molar-refractivity contribution in [3.63, 3.8) is 0 Å². The van der Waals surface area contributed by atoms with Gasteiger partial charge in [0.1, 0.15) is 11.3 Å². The highest BCUT2D eigenvalue weighted by atomic mass is 35.5. The van der Waals surface area contributed by atoms with E-state index in [0.29, 0.717) is 6.42 Å². The zero-order valence-corrected chi connectivity index (χ0v) is 17.2. The van der Waals surface area contributed by atoms with Gasteiger partial charge in [-0.05, 0) is 30.7 Å². The molecule has 0 unspecified atom stereocenters. The topological polar surface area (TPSA) is 94.8 Å². The van der Waals surface area contributed by atoms with Crippen molar-refractivity contribution in [2.24, 2.45) is 0 Å². The summed E-state index contributed by atoms with van der Waals surface area (Å²) in [5.41, 5.74) is 1.56. The molecule has 1 aromatic heterocycles. The van der Waals surface area contributed by atoms with Crippen molar-refractivity contribution < 1.29 is 15.0 Å².